The lowest BCUT2D eigenvalue weighted by atomic mass is 9.86. The van der Waals surface area contributed by atoms with E-state index in [-0.39, 0.29) is 22.3 Å². The normalized spacial score (nSPS) is 21.2. The average Bonchev–Trinajstić information content (AvgIpc) is 2.73. The Bertz CT molecular complexity index is 523. The first kappa shape index (κ1) is 15.8. The fourth-order valence-corrected chi connectivity index (χ4v) is 3.11. The Labute approximate surface area is 124 Å². The maximum atomic E-state index is 11.2. The van der Waals surface area contributed by atoms with Crippen molar-refractivity contribution < 1.29 is 9.66 Å². The van der Waals surface area contributed by atoms with Gasteiger partial charge in [0.25, 0.3) is 0 Å². The van der Waals surface area contributed by atoms with Crippen molar-refractivity contribution in [3.63, 3.8) is 0 Å². The Hall–Kier alpha value is -1.63. The minimum absolute atomic E-state index is 0.0718. The van der Waals surface area contributed by atoms with Crippen LogP contribution in [0.1, 0.15) is 45.2 Å². The summed E-state index contributed by atoms with van der Waals surface area (Å²) in [4.78, 5) is 10.9. The van der Waals surface area contributed by atoms with Crippen LogP contribution in [0.25, 0.3) is 0 Å². The van der Waals surface area contributed by atoms with Crippen LogP contribution in [0.5, 0.6) is 0 Å². The minimum atomic E-state index is -0.364. The van der Waals surface area contributed by atoms with Gasteiger partial charge in [0.1, 0.15) is 5.69 Å². The summed E-state index contributed by atoms with van der Waals surface area (Å²) in [7, 11) is 1.73. The maximum absolute atomic E-state index is 11.2. The maximum Gasteiger partial charge on any atom is 0.333 e. The molecule has 1 unspecified atom stereocenters. The number of rotatable bonds is 5. The van der Waals surface area contributed by atoms with Crippen LogP contribution in [-0.4, -0.2) is 33.0 Å². The predicted octanol–water partition coefficient (Wildman–Crippen LogP) is 2.79. The van der Waals surface area contributed by atoms with Gasteiger partial charge >= 0.3 is 5.69 Å². The van der Waals surface area contributed by atoms with Gasteiger partial charge in [-0.2, -0.15) is 5.10 Å². The number of aryl methyl sites for hydroxylation is 2. The van der Waals surface area contributed by atoms with Gasteiger partial charge in [0.15, 0.2) is 0 Å². The molecule has 1 saturated heterocycles. The molecule has 2 rings (SSSR count). The molecule has 1 aromatic heterocycles. The Morgan fingerprint density at radius 1 is 1.52 bits per heavy atom. The van der Waals surface area contributed by atoms with Gasteiger partial charge in [-0.25, -0.2) is 4.68 Å². The quantitative estimate of drug-likeness (QED) is 0.667. The number of nitrogens with one attached hydrogen (secondary N) is 1. The van der Waals surface area contributed by atoms with E-state index in [0.717, 1.165) is 25.7 Å². The van der Waals surface area contributed by atoms with Crippen LogP contribution < -0.4 is 5.32 Å². The fraction of sp³-hybridized carbons (Fsp3) is 0.786. The van der Waals surface area contributed by atoms with E-state index in [1.807, 2.05) is 0 Å². The molecule has 0 aromatic carbocycles. The number of ether oxygens (including phenoxy) is 1. The highest BCUT2D eigenvalue weighted by atomic mass is 16.6. The van der Waals surface area contributed by atoms with E-state index < -0.39 is 0 Å². The van der Waals surface area contributed by atoms with Crippen LogP contribution in [0.15, 0.2) is 0 Å². The van der Waals surface area contributed by atoms with E-state index in [9.17, 15) is 10.1 Å². The summed E-state index contributed by atoms with van der Waals surface area (Å²) in [5.74, 6) is 0.491. The van der Waals surface area contributed by atoms with E-state index in [2.05, 4.69) is 24.3 Å². The topological polar surface area (TPSA) is 82.2 Å². The minimum Gasteiger partial charge on any atom is -0.375 e. The molecule has 7 heteroatoms. The van der Waals surface area contributed by atoms with Crippen molar-refractivity contribution in [2.24, 2.45) is 7.05 Å². The summed E-state index contributed by atoms with van der Waals surface area (Å²) < 4.78 is 7.51. The van der Waals surface area contributed by atoms with Gasteiger partial charge in [-0.1, -0.05) is 13.8 Å². The van der Waals surface area contributed by atoms with Gasteiger partial charge in [-0.3, -0.25) is 10.1 Å². The molecule has 0 spiro atoms. The molecule has 2 heterocycles. The highest BCUT2D eigenvalue weighted by Gasteiger charge is 2.36. The summed E-state index contributed by atoms with van der Waals surface area (Å²) in [6.07, 6.45) is 3.62. The van der Waals surface area contributed by atoms with Crippen molar-refractivity contribution >= 4 is 11.5 Å². The lowest BCUT2D eigenvalue weighted by Crippen LogP contribution is -2.44. The number of aromatic nitrogens is 2. The van der Waals surface area contributed by atoms with E-state index in [0.29, 0.717) is 18.1 Å². The molecule has 7 nitrogen and oxygen atoms in total. The second-order valence-corrected chi connectivity index (χ2v) is 5.74. The number of anilines is 1. The molecular weight excluding hydrogens is 272 g/mol. The summed E-state index contributed by atoms with van der Waals surface area (Å²) in [6.45, 7) is 6.60. The van der Waals surface area contributed by atoms with Crippen LogP contribution in [0, 0.1) is 17.0 Å². The molecule has 1 aliphatic heterocycles. The third-order valence-electron chi connectivity index (χ3n) is 4.50. The molecule has 0 amide bonds. The summed E-state index contributed by atoms with van der Waals surface area (Å²) in [5.41, 5.74) is 0.398. The second kappa shape index (κ2) is 6.01. The zero-order valence-corrected chi connectivity index (χ0v) is 13.2. The number of nitro groups is 1. The highest BCUT2D eigenvalue weighted by molar-refractivity contribution is 5.59. The molecule has 1 aliphatic rings. The standard InChI is InChI=1S/C14H24N4O3/c1-5-14(6-2)9-11(7-8-21-14)15-13-12(18(19)20)10(3)16-17(13)4/h11,15H,5-9H2,1-4H3. The first-order valence-electron chi connectivity index (χ1n) is 7.51. The molecule has 1 N–H and O–H groups in total. The van der Waals surface area contributed by atoms with Gasteiger partial charge in [0.2, 0.25) is 5.82 Å². The molecule has 0 saturated carbocycles. The SMILES string of the molecule is CCC1(CC)CC(Nc2c([N+](=O)[O-])c(C)nn2C)CCO1. The first-order valence-corrected chi connectivity index (χ1v) is 7.51. The summed E-state index contributed by atoms with van der Waals surface area (Å²) in [5, 5.41) is 18.7. The molecule has 0 aliphatic carbocycles. The van der Waals surface area contributed by atoms with Crippen LogP contribution in [0.3, 0.4) is 0 Å². The molecule has 0 radical (unpaired) electrons. The number of hydrogen-bond acceptors (Lipinski definition) is 5. The Balaban J connectivity index is 2.20. The van der Waals surface area contributed by atoms with Gasteiger partial charge in [-0.05, 0) is 32.6 Å². The molecule has 118 valence electrons. The molecule has 1 aromatic rings. The molecule has 0 bridgehead atoms. The van der Waals surface area contributed by atoms with E-state index >= 15 is 0 Å². The fourth-order valence-electron chi connectivity index (χ4n) is 3.11. The van der Waals surface area contributed by atoms with E-state index in [1.165, 1.54) is 0 Å². The van der Waals surface area contributed by atoms with Crippen molar-refractivity contribution in [3.05, 3.63) is 15.8 Å². The Morgan fingerprint density at radius 3 is 2.76 bits per heavy atom. The van der Waals surface area contributed by atoms with Crippen molar-refractivity contribution in [1.29, 1.82) is 0 Å². The van der Waals surface area contributed by atoms with Gasteiger partial charge in [0.05, 0.1) is 10.5 Å². The zero-order valence-electron chi connectivity index (χ0n) is 13.2. The van der Waals surface area contributed by atoms with Crippen molar-refractivity contribution in [2.75, 3.05) is 11.9 Å². The summed E-state index contributed by atoms with van der Waals surface area (Å²) in [6, 6.07) is 0.173. The largest absolute Gasteiger partial charge is 0.375 e. The van der Waals surface area contributed by atoms with Gasteiger partial charge in [-0.15, -0.1) is 0 Å². The van der Waals surface area contributed by atoms with Gasteiger partial charge < -0.3 is 10.1 Å². The lowest BCUT2D eigenvalue weighted by Gasteiger charge is -2.40. The van der Waals surface area contributed by atoms with E-state index in [4.69, 9.17) is 4.74 Å². The van der Waals surface area contributed by atoms with Crippen LogP contribution >= 0.6 is 0 Å². The zero-order chi connectivity index (χ0) is 15.6. The average molecular weight is 296 g/mol. The molecule has 21 heavy (non-hydrogen) atoms. The number of hydrogen-bond donors (Lipinski definition) is 1. The summed E-state index contributed by atoms with van der Waals surface area (Å²) >= 11 is 0. The van der Waals surface area contributed by atoms with Crippen molar-refractivity contribution in [1.82, 2.24) is 9.78 Å². The number of nitrogens with zero attached hydrogens (tertiary/aromatic N) is 3. The molecular formula is C14H24N4O3. The smallest absolute Gasteiger partial charge is 0.333 e. The molecule has 1 atom stereocenters. The van der Waals surface area contributed by atoms with Crippen molar-refractivity contribution in [3.8, 4) is 0 Å². The van der Waals surface area contributed by atoms with Crippen LogP contribution in [0.2, 0.25) is 0 Å². The molecule has 1 fully saturated rings. The van der Waals surface area contributed by atoms with Gasteiger partial charge in [0, 0.05) is 19.7 Å². The van der Waals surface area contributed by atoms with Crippen LogP contribution in [-0.2, 0) is 11.8 Å². The van der Waals surface area contributed by atoms with E-state index in [1.54, 1.807) is 18.7 Å². The highest BCUT2D eigenvalue weighted by Crippen LogP contribution is 2.35. The lowest BCUT2D eigenvalue weighted by molar-refractivity contribution is -0.384. The monoisotopic (exact) mass is 296 g/mol. The Morgan fingerprint density at radius 2 is 2.19 bits per heavy atom. The Kier molecular flexibility index (Phi) is 4.51. The first-order chi connectivity index (χ1) is 9.92. The second-order valence-electron chi connectivity index (χ2n) is 5.74. The third-order valence-corrected chi connectivity index (χ3v) is 4.50. The predicted molar refractivity (Wildman–Crippen MR) is 80.5 cm³/mol. The van der Waals surface area contributed by atoms with Crippen molar-refractivity contribution in [2.45, 2.75) is 58.1 Å². The third kappa shape index (κ3) is 3.02. The van der Waals surface area contributed by atoms with Crippen LogP contribution in [0.4, 0.5) is 11.5 Å².